The van der Waals surface area contributed by atoms with Gasteiger partial charge in [-0.15, -0.1) is 16.4 Å². The summed E-state index contributed by atoms with van der Waals surface area (Å²) in [7, 11) is 0. The number of H-pyrrole nitrogens is 1. The van der Waals surface area contributed by atoms with E-state index in [-0.39, 0.29) is 28.5 Å². The third-order valence-corrected chi connectivity index (χ3v) is 9.40. The van der Waals surface area contributed by atoms with Crippen LogP contribution < -0.4 is 21.2 Å². The number of carbonyl (C=O) groups excluding carboxylic acids is 2. The number of rotatable bonds is 11. The molecule has 0 bridgehead atoms. The second-order valence-electron chi connectivity index (χ2n) is 11.7. The van der Waals surface area contributed by atoms with Gasteiger partial charge in [-0.3, -0.25) is 14.8 Å². The van der Waals surface area contributed by atoms with Crippen molar-refractivity contribution in [1.29, 1.82) is 0 Å². The number of aromatic nitrogens is 4. The van der Waals surface area contributed by atoms with E-state index in [0.29, 0.717) is 34.1 Å². The van der Waals surface area contributed by atoms with Crippen LogP contribution in [0.15, 0.2) is 118 Å². The molecule has 264 valence electrons. The molecular weight excluding hydrogens is 683 g/mol. The van der Waals surface area contributed by atoms with Gasteiger partial charge in [-0.05, 0) is 96.1 Å². The zero-order valence-electron chi connectivity index (χ0n) is 28.1. The highest BCUT2D eigenvalue weighted by atomic mass is 32.1. The Balaban J connectivity index is 0.000000242. The minimum absolute atomic E-state index is 0.171. The third-order valence-electron chi connectivity index (χ3n) is 8.12. The Morgan fingerprint density at radius 1 is 0.981 bits per heavy atom. The molecule has 13 nitrogen and oxygen atoms in total. The topological polar surface area (TPSA) is 190 Å². The Kier molecular flexibility index (Phi) is 11.3. The molecule has 0 spiro atoms. The number of hydrogen-bond acceptors (Lipinski definition) is 10. The highest BCUT2D eigenvalue weighted by molar-refractivity contribution is 7.19. The maximum Gasteiger partial charge on any atom is 0.339 e. The molecule has 7 rings (SSSR count). The molecule has 0 aliphatic rings. The van der Waals surface area contributed by atoms with E-state index in [1.165, 1.54) is 11.6 Å². The van der Waals surface area contributed by atoms with E-state index in [2.05, 4.69) is 38.1 Å². The number of primary amides is 1. The molecule has 0 aliphatic heterocycles. The fourth-order valence-corrected chi connectivity index (χ4v) is 6.44. The molecule has 3 amide bonds. The molecule has 0 saturated carbocycles. The number of tetrazole rings is 1. The van der Waals surface area contributed by atoms with E-state index in [1.54, 1.807) is 60.7 Å². The van der Waals surface area contributed by atoms with Gasteiger partial charge in [-0.2, -0.15) is 5.06 Å². The number of fused-ring (bicyclic) bond motifs is 2. The summed E-state index contributed by atoms with van der Waals surface area (Å²) in [6.07, 6.45) is 3.00. The van der Waals surface area contributed by atoms with Crippen LogP contribution in [0.3, 0.4) is 0 Å². The number of para-hydroxylation sites is 1. The maximum absolute atomic E-state index is 12.9. The molecular formula is C38H35N7O6S. The highest BCUT2D eigenvalue weighted by Crippen LogP contribution is 2.32. The number of ether oxygens (including phenoxy) is 1. The van der Waals surface area contributed by atoms with E-state index >= 15 is 0 Å². The number of benzene rings is 4. The van der Waals surface area contributed by atoms with Gasteiger partial charge in [0.2, 0.25) is 5.82 Å². The summed E-state index contributed by atoms with van der Waals surface area (Å²) in [4.78, 5) is 37.2. The lowest BCUT2D eigenvalue weighted by Crippen LogP contribution is -2.34. The number of anilines is 1. The first-order chi connectivity index (χ1) is 25.3. The Morgan fingerprint density at radius 2 is 1.75 bits per heavy atom. The van der Waals surface area contributed by atoms with Crippen LogP contribution >= 0.6 is 11.3 Å². The van der Waals surface area contributed by atoms with Crippen LogP contribution in [-0.2, 0) is 6.42 Å². The smallest absolute Gasteiger partial charge is 0.339 e. The van der Waals surface area contributed by atoms with Crippen molar-refractivity contribution in [3.63, 3.8) is 0 Å². The van der Waals surface area contributed by atoms with Gasteiger partial charge in [0, 0.05) is 21.2 Å². The van der Waals surface area contributed by atoms with Crippen molar-refractivity contribution in [2.75, 3.05) is 11.9 Å². The summed E-state index contributed by atoms with van der Waals surface area (Å²) in [5, 5.41) is 27.6. The summed E-state index contributed by atoms with van der Waals surface area (Å²) in [5.74, 6) is 0.745. The molecule has 52 heavy (non-hydrogen) atoms. The van der Waals surface area contributed by atoms with Crippen LogP contribution in [0.2, 0.25) is 0 Å². The zero-order chi connectivity index (χ0) is 36.5. The van der Waals surface area contributed by atoms with Gasteiger partial charge >= 0.3 is 6.03 Å². The molecule has 1 atom stereocenters. The number of amides is 3. The number of aromatic amines is 1. The summed E-state index contributed by atoms with van der Waals surface area (Å²) in [6, 6.07) is 32.2. The number of urea groups is 1. The normalized spacial score (nSPS) is 11.4. The van der Waals surface area contributed by atoms with Crippen molar-refractivity contribution in [2.45, 2.75) is 32.2 Å². The van der Waals surface area contributed by atoms with Crippen molar-refractivity contribution in [1.82, 2.24) is 25.7 Å². The molecule has 0 saturated heterocycles. The monoisotopic (exact) mass is 717 g/mol. The Hall–Kier alpha value is -6.38. The lowest BCUT2D eigenvalue weighted by Gasteiger charge is -2.18. The van der Waals surface area contributed by atoms with E-state index in [1.807, 2.05) is 48.5 Å². The number of unbranched alkanes of at least 4 members (excludes halogenated alkanes) is 1. The highest BCUT2D eigenvalue weighted by Gasteiger charge is 2.19. The third kappa shape index (κ3) is 8.67. The molecule has 0 fully saturated rings. The van der Waals surface area contributed by atoms with E-state index in [9.17, 15) is 19.6 Å². The molecule has 14 heteroatoms. The first kappa shape index (κ1) is 35.4. The standard InChI is InChI=1S/C27H23N5O4.C11H12N2O2S/c33-23-17-24(26-29-31-32-30-26)36-25-21(23)10-6-11-22(25)28-27(34)19-12-14-20(15-13-19)35-16-5-4-9-18-7-2-1-3-8-18;1-7(13(15)11(12)14)10-6-8-4-2-3-5-9(8)16-10/h1-3,6-8,10-15,17H,4-5,9,16H2,(H,28,34)(H,29,30,31,32);2-7,15H,1H3,(H2,12,14). The first-order valence-corrected chi connectivity index (χ1v) is 17.2. The average Bonchev–Trinajstić information content (AvgIpc) is 3.87. The maximum atomic E-state index is 12.9. The van der Waals surface area contributed by atoms with Crippen LogP contribution in [0, 0.1) is 0 Å². The van der Waals surface area contributed by atoms with E-state index < -0.39 is 12.1 Å². The average molecular weight is 718 g/mol. The minimum Gasteiger partial charge on any atom is -0.494 e. The predicted molar refractivity (Wildman–Crippen MR) is 198 cm³/mol. The second kappa shape index (κ2) is 16.6. The number of nitrogens with zero attached hydrogens (tertiary/aromatic N) is 4. The number of hydroxylamine groups is 2. The van der Waals surface area contributed by atoms with Crippen LogP contribution in [0.1, 0.15) is 46.6 Å². The van der Waals surface area contributed by atoms with Crippen LogP contribution in [0.5, 0.6) is 5.75 Å². The molecule has 5 N–H and O–H groups in total. The van der Waals surface area contributed by atoms with Crippen molar-refractivity contribution in [3.05, 3.63) is 135 Å². The molecule has 1 unspecified atom stereocenters. The zero-order valence-corrected chi connectivity index (χ0v) is 28.9. The molecule has 7 aromatic rings. The lowest BCUT2D eigenvalue weighted by molar-refractivity contribution is -0.0700. The second-order valence-corrected chi connectivity index (χ2v) is 12.8. The summed E-state index contributed by atoms with van der Waals surface area (Å²) < 4.78 is 12.8. The number of hydrogen-bond donors (Lipinski definition) is 4. The van der Waals surface area contributed by atoms with Crippen molar-refractivity contribution < 1.29 is 24.0 Å². The van der Waals surface area contributed by atoms with Crippen LogP contribution in [0.25, 0.3) is 32.6 Å². The number of nitrogens with one attached hydrogen (secondary N) is 2. The minimum atomic E-state index is -0.843. The quantitative estimate of drug-likeness (QED) is 0.0602. The molecule has 4 aromatic carbocycles. The summed E-state index contributed by atoms with van der Waals surface area (Å²) in [6.45, 7) is 2.34. The van der Waals surface area contributed by atoms with Crippen molar-refractivity contribution in [3.8, 4) is 17.3 Å². The number of carbonyl (C=O) groups is 2. The van der Waals surface area contributed by atoms with Gasteiger partial charge in [0.25, 0.3) is 5.91 Å². The van der Waals surface area contributed by atoms with E-state index in [0.717, 1.165) is 34.2 Å². The molecule has 3 heterocycles. The largest absolute Gasteiger partial charge is 0.494 e. The molecule has 0 radical (unpaired) electrons. The van der Waals surface area contributed by atoms with Crippen molar-refractivity contribution in [2.24, 2.45) is 5.73 Å². The van der Waals surface area contributed by atoms with Crippen LogP contribution in [0.4, 0.5) is 10.5 Å². The fourth-order valence-electron chi connectivity index (χ4n) is 5.34. The summed E-state index contributed by atoms with van der Waals surface area (Å²) >= 11 is 1.54. The molecule has 3 aromatic heterocycles. The number of aryl methyl sites for hydroxylation is 1. The van der Waals surface area contributed by atoms with E-state index in [4.69, 9.17) is 14.9 Å². The first-order valence-electron chi connectivity index (χ1n) is 16.4. The van der Waals surface area contributed by atoms with Crippen molar-refractivity contribution >= 4 is 50.0 Å². The SMILES string of the molecule is CC(c1cc2ccccc2s1)N(O)C(N)=O.O=C(Nc1cccc2c(=O)cc(-c3nnn[nH]3)oc12)c1ccc(OCCCCc2ccccc2)cc1. The van der Waals surface area contributed by atoms with Gasteiger partial charge in [-0.1, -0.05) is 54.6 Å². The Bertz CT molecular complexity index is 2290. The van der Waals surface area contributed by atoms with Gasteiger partial charge in [0.1, 0.15) is 5.75 Å². The van der Waals surface area contributed by atoms with Gasteiger partial charge < -0.3 is 20.2 Å². The predicted octanol–water partition coefficient (Wildman–Crippen LogP) is 7.36. The number of thiophene rings is 1. The Labute approximate surface area is 301 Å². The Morgan fingerprint density at radius 3 is 2.48 bits per heavy atom. The lowest BCUT2D eigenvalue weighted by atomic mass is 10.1. The number of nitrogens with two attached hydrogens (primary N) is 1. The van der Waals surface area contributed by atoms with Crippen LogP contribution in [-0.4, -0.2) is 49.4 Å². The fraction of sp³-hybridized carbons (Fsp3) is 0.158. The molecule has 0 aliphatic carbocycles. The van der Waals surface area contributed by atoms with Gasteiger partial charge in [-0.25, -0.2) is 9.89 Å². The summed E-state index contributed by atoms with van der Waals surface area (Å²) in [5.41, 5.74) is 7.11. The van der Waals surface area contributed by atoms with Gasteiger partial charge in [0.15, 0.2) is 16.8 Å². The van der Waals surface area contributed by atoms with Gasteiger partial charge in [0.05, 0.1) is 23.7 Å².